The van der Waals surface area contributed by atoms with Crippen LogP contribution in [0.3, 0.4) is 0 Å². The van der Waals surface area contributed by atoms with E-state index in [-0.39, 0.29) is 10.8 Å². The minimum atomic E-state index is -3.82. The molecule has 2 N–H and O–H groups in total. The van der Waals surface area contributed by atoms with Crippen molar-refractivity contribution in [2.24, 2.45) is 10.2 Å². The number of nitrogens with zero attached hydrogens (tertiary/aromatic N) is 2. The number of hydrogen-bond acceptors (Lipinski definition) is 5. The highest BCUT2D eigenvalue weighted by molar-refractivity contribution is 7.89. The number of nitrogens with two attached hydrogens (primary N) is 1. The minimum Gasteiger partial charge on any atom is -0.457 e. The minimum absolute atomic E-state index is 0.0428. The Morgan fingerprint density at radius 2 is 1.77 bits per heavy atom. The van der Waals surface area contributed by atoms with E-state index >= 15 is 0 Å². The van der Waals surface area contributed by atoms with Crippen molar-refractivity contribution in [2.75, 3.05) is 5.01 Å². The number of halogens is 1. The highest BCUT2D eigenvalue weighted by Gasteiger charge is 2.29. The van der Waals surface area contributed by atoms with Crippen molar-refractivity contribution in [1.29, 1.82) is 0 Å². The molecule has 1 aromatic heterocycles. The summed E-state index contributed by atoms with van der Waals surface area (Å²) in [7, 11) is -3.82. The maximum absolute atomic E-state index is 12.9. The Balaban J connectivity index is 1.62. The van der Waals surface area contributed by atoms with Crippen LogP contribution in [0.2, 0.25) is 5.02 Å². The van der Waals surface area contributed by atoms with Crippen molar-refractivity contribution in [3.8, 4) is 11.3 Å². The van der Waals surface area contributed by atoms with Crippen molar-refractivity contribution in [1.82, 2.24) is 0 Å². The van der Waals surface area contributed by atoms with Crippen molar-refractivity contribution < 1.29 is 17.6 Å². The number of carbonyl (C=O) groups is 1. The van der Waals surface area contributed by atoms with Gasteiger partial charge < -0.3 is 4.42 Å². The fourth-order valence-electron chi connectivity index (χ4n) is 3.23. The highest BCUT2D eigenvalue weighted by Crippen LogP contribution is 2.31. The maximum Gasteiger partial charge on any atom is 0.280 e. The molecule has 0 saturated heterocycles. The first-order valence-electron chi connectivity index (χ1n) is 9.25. The molecule has 0 saturated carbocycles. The van der Waals surface area contributed by atoms with Gasteiger partial charge in [-0.15, -0.1) is 0 Å². The van der Waals surface area contributed by atoms with Gasteiger partial charge in [-0.3, -0.25) is 4.79 Å². The van der Waals surface area contributed by atoms with Gasteiger partial charge in [-0.1, -0.05) is 23.7 Å². The predicted molar refractivity (Wildman–Crippen MR) is 120 cm³/mol. The lowest BCUT2D eigenvalue weighted by atomic mass is 10.1. The first-order chi connectivity index (χ1) is 14.6. The summed E-state index contributed by atoms with van der Waals surface area (Å²) in [5.41, 5.74) is 3.09. The van der Waals surface area contributed by atoms with E-state index in [1.807, 2.05) is 31.2 Å². The third kappa shape index (κ3) is 4.05. The van der Waals surface area contributed by atoms with E-state index in [1.165, 1.54) is 29.3 Å². The van der Waals surface area contributed by atoms with Gasteiger partial charge in [0.1, 0.15) is 11.5 Å². The Morgan fingerprint density at radius 1 is 1.06 bits per heavy atom. The quantitative estimate of drug-likeness (QED) is 0.589. The second-order valence-electron chi connectivity index (χ2n) is 7.01. The van der Waals surface area contributed by atoms with Crippen LogP contribution in [0.1, 0.15) is 18.2 Å². The lowest BCUT2D eigenvalue weighted by Crippen LogP contribution is -2.21. The number of amides is 1. The molecule has 4 rings (SSSR count). The number of benzene rings is 2. The molecule has 2 heterocycles. The molecule has 0 bridgehead atoms. The highest BCUT2D eigenvalue weighted by atomic mass is 35.5. The number of primary sulfonamides is 1. The third-order valence-electron chi connectivity index (χ3n) is 4.92. The Morgan fingerprint density at radius 3 is 2.45 bits per heavy atom. The number of hydrogen-bond donors (Lipinski definition) is 1. The normalized spacial score (nSPS) is 15.6. The molecule has 31 heavy (non-hydrogen) atoms. The van der Waals surface area contributed by atoms with Gasteiger partial charge in [0.05, 0.1) is 21.9 Å². The average molecular weight is 456 g/mol. The van der Waals surface area contributed by atoms with E-state index in [4.69, 9.17) is 21.2 Å². The first-order valence-corrected chi connectivity index (χ1v) is 11.2. The summed E-state index contributed by atoms with van der Waals surface area (Å²) < 4.78 is 28.8. The van der Waals surface area contributed by atoms with Crippen LogP contribution in [0.4, 0.5) is 5.69 Å². The molecular weight excluding hydrogens is 438 g/mol. The van der Waals surface area contributed by atoms with E-state index in [0.29, 0.717) is 33.5 Å². The van der Waals surface area contributed by atoms with Gasteiger partial charge >= 0.3 is 0 Å². The second kappa shape index (κ2) is 7.81. The average Bonchev–Trinajstić information content (AvgIpc) is 3.30. The summed E-state index contributed by atoms with van der Waals surface area (Å²) in [6.45, 7) is 3.63. The molecule has 158 valence electrons. The van der Waals surface area contributed by atoms with Crippen LogP contribution in [0.25, 0.3) is 17.4 Å². The van der Waals surface area contributed by atoms with Gasteiger partial charge in [0.15, 0.2) is 0 Å². The Labute approximate surface area is 184 Å². The molecule has 0 fully saturated rings. The van der Waals surface area contributed by atoms with Gasteiger partial charge in [0, 0.05) is 10.6 Å². The van der Waals surface area contributed by atoms with E-state index < -0.39 is 10.0 Å². The number of rotatable bonds is 4. The zero-order valence-electron chi connectivity index (χ0n) is 16.7. The summed E-state index contributed by atoms with van der Waals surface area (Å²) in [4.78, 5) is 12.9. The standard InChI is InChI=1S/C22H18ClN3O4S/c1-13-18(4-3-5-20(13)23)21-11-8-16(30-21)12-19-14(2)25-26(22(19)27)15-6-9-17(10-7-15)31(24,28)29/h3-12H,1-2H3,(H2,24,28,29)/b19-12+. The van der Waals surface area contributed by atoms with E-state index in [9.17, 15) is 13.2 Å². The van der Waals surface area contributed by atoms with Gasteiger partial charge in [-0.2, -0.15) is 10.1 Å². The topological polar surface area (TPSA) is 106 Å². The third-order valence-corrected chi connectivity index (χ3v) is 6.26. The van der Waals surface area contributed by atoms with Crippen LogP contribution < -0.4 is 10.1 Å². The molecule has 1 aliphatic rings. The fraction of sp³-hybridized carbons (Fsp3) is 0.0909. The van der Waals surface area contributed by atoms with Gasteiger partial charge in [-0.05, 0) is 68.0 Å². The monoisotopic (exact) mass is 455 g/mol. The number of anilines is 1. The number of carbonyl (C=O) groups excluding carboxylic acids is 1. The van der Waals surface area contributed by atoms with Crippen LogP contribution in [-0.2, 0) is 14.8 Å². The maximum atomic E-state index is 12.9. The van der Waals surface area contributed by atoms with Crippen LogP contribution in [0.5, 0.6) is 0 Å². The Hall–Kier alpha value is -3.20. The van der Waals surface area contributed by atoms with Crippen molar-refractivity contribution in [3.05, 3.63) is 76.5 Å². The molecule has 9 heteroatoms. The Kier molecular flexibility index (Phi) is 5.30. The zero-order valence-corrected chi connectivity index (χ0v) is 18.2. The van der Waals surface area contributed by atoms with E-state index in [2.05, 4.69) is 5.10 Å². The van der Waals surface area contributed by atoms with Crippen molar-refractivity contribution in [2.45, 2.75) is 18.7 Å². The Bertz CT molecular complexity index is 1360. The number of hydrazone groups is 1. The molecule has 0 atom stereocenters. The molecule has 2 aromatic carbocycles. The van der Waals surface area contributed by atoms with Crippen LogP contribution >= 0.6 is 11.6 Å². The SMILES string of the molecule is CC1=NN(c2ccc(S(N)(=O)=O)cc2)C(=O)/C1=C/c1ccc(-c2cccc(Cl)c2C)o1. The van der Waals surface area contributed by atoms with Crippen LogP contribution in [0, 0.1) is 6.92 Å². The summed E-state index contributed by atoms with van der Waals surface area (Å²) in [6.07, 6.45) is 1.63. The lowest BCUT2D eigenvalue weighted by Gasteiger charge is -2.12. The van der Waals surface area contributed by atoms with E-state index in [1.54, 1.807) is 19.1 Å². The molecule has 0 radical (unpaired) electrons. The summed E-state index contributed by atoms with van der Waals surface area (Å²) in [5, 5.41) is 11.3. The molecule has 1 amide bonds. The molecule has 0 spiro atoms. The number of sulfonamides is 1. The zero-order chi connectivity index (χ0) is 22.3. The fourth-order valence-corrected chi connectivity index (χ4v) is 3.92. The largest absolute Gasteiger partial charge is 0.457 e. The van der Waals surface area contributed by atoms with Gasteiger partial charge in [0.2, 0.25) is 10.0 Å². The predicted octanol–water partition coefficient (Wildman–Crippen LogP) is 4.36. The molecule has 7 nitrogen and oxygen atoms in total. The van der Waals surface area contributed by atoms with Gasteiger partial charge in [0.25, 0.3) is 5.91 Å². The number of furan rings is 1. The second-order valence-corrected chi connectivity index (χ2v) is 8.98. The summed E-state index contributed by atoms with van der Waals surface area (Å²) in [6, 6.07) is 14.8. The van der Waals surface area contributed by atoms with E-state index in [0.717, 1.165) is 11.1 Å². The van der Waals surface area contributed by atoms with Crippen molar-refractivity contribution >= 4 is 45.0 Å². The smallest absolute Gasteiger partial charge is 0.280 e. The summed E-state index contributed by atoms with van der Waals surface area (Å²) in [5.74, 6) is 0.791. The lowest BCUT2D eigenvalue weighted by molar-refractivity contribution is -0.114. The van der Waals surface area contributed by atoms with Crippen LogP contribution in [-0.4, -0.2) is 20.0 Å². The molecule has 0 unspecified atom stereocenters. The molecular formula is C22H18ClN3O4S. The van der Waals surface area contributed by atoms with Crippen molar-refractivity contribution in [3.63, 3.8) is 0 Å². The first kappa shape index (κ1) is 21.0. The summed E-state index contributed by atoms with van der Waals surface area (Å²) >= 11 is 6.20. The van der Waals surface area contributed by atoms with Crippen LogP contribution in [0.15, 0.2) is 74.6 Å². The molecule has 3 aromatic rings. The molecule has 0 aliphatic carbocycles. The van der Waals surface area contributed by atoms with Gasteiger partial charge in [-0.25, -0.2) is 13.6 Å². The molecule has 1 aliphatic heterocycles.